The Kier molecular flexibility index (Phi) is 1.84. The summed E-state index contributed by atoms with van der Waals surface area (Å²) < 4.78 is 2.23. The van der Waals surface area contributed by atoms with E-state index in [2.05, 4.69) is 38.5 Å². The zero-order valence-corrected chi connectivity index (χ0v) is 7.23. The van der Waals surface area contributed by atoms with Gasteiger partial charge in [-0.1, -0.05) is 6.92 Å². The summed E-state index contributed by atoms with van der Waals surface area (Å²) in [6.07, 6.45) is 1.15. The van der Waals surface area contributed by atoms with E-state index >= 15 is 0 Å². The van der Waals surface area contributed by atoms with Gasteiger partial charge >= 0.3 is 0 Å². The van der Waals surface area contributed by atoms with Crippen LogP contribution in [0.5, 0.6) is 0 Å². The molecule has 0 aliphatic heterocycles. The van der Waals surface area contributed by atoms with Gasteiger partial charge in [-0.15, -0.1) is 0 Å². The smallest absolute Gasteiger partial charge is 0.0175 e. The minimum atomic E-state index is 1.15. The minimum Gasteiger partial charge on any atom is -0.352 e. The van der Waals surface area contributed by atoms with Crippen molar-refractivity contribution in [1.82, 2.24) is 4.57 Å². The van der Waals surface area contributed by atoms with E-state index in [1.54, 1.807) is 0 Å². The highest BCUT2D eigenvalue weighted by Gasteiger charge is 2.01. The van der Waals surface area contributed by atoms with Gasteiger partial charge in [0.25, 0.3) is 0 Å². The van der Waals surface area contributed by atoms with Crippen molar-refractivity contribution >= 4 is 0 Å². The Bertz CT molecular complexity index is 233. The first-order valence-corrected chi connectivity index (χ1v) is 3.78. The first-order chi connectivity index (χ1) is 4.66. The second-order valence-corrected chi connectivity index (χ2v) is 2.81. The molecule has 10 heavy (non-hydrogen) atoms. The second kappa shape index (κ2) is 2.49. The van der Waals surface area contributed by atoms with Gasteiger partial charge in [0.2, 0.25) is 0 Å². The number of hydrogen-bond acceptors (Lipinski definition) is 0. The van der Waals surface area contributed by atoms with Crippen LogP contribution in [0.25, 0.3) is 0 Å². The molecule has 56 valence electrons. The predicted octanol–water partition coefficient (Wildman–Crippen LogP) is 2.20. The van der Waals surface area contributed by atoms with Gasteiger partial charge < -0.3 is 4.57 Å². The van der Waals surface area contributed by atoms with Gasteiger partial charge in [-0.25, -0.2) is 0 Å². The molecule has 0 saturated heterocycles. The largest absolute Gasteiger partial charge is 0.352 e. The third-order valence-electron chi connectivity index (χ3n) is 2.26. The molecule has 1 heterocycles. The maximum absolute atomic E-state index is 2.26. The van der Waals surface area contributed by atoms with Crippen LogP contribution in [-0.4, -0.2) is 4.57 Å². The summed E-state index contributed by atoms with van der Waals surface area (Å²) in [5.41, 5.74) is 4.23. The number of rotatable bonds is 1. The van der Waals surface area contributed by atoms with Gasteiger partial charge in [0.05, 0.1) is 0 Å². The number of aryl methyl sites for hydroxylation is 2. The summed E-state index contributed by atoms with van der Waals surface area (Å²) >= 11 is 0. The first kappa shape index (κ1) is 7.39. The molecule has 0 aromatic carbocycles. The fourth-order valence-corrected chi connectivity index (χ4v) is 1.29. The van der Waals surface area contributed by atoms with Crippen LogP contribution in [0.3, 0.4) is 0 Å². The normalized spacial score (nSPS) is 10.4. The molecule has 1 rings (SSSR count). The van der Waals surface area contributed by atoms with Crippen molar-refractivity contribution in [3.8, 4) is 0 Å². The lowest BCUT2D eigenvalue weighted by molar-refractivity contribution is 0.836. The summed E-state index contributed by atoms with van der Waals surface area (Å²) in [5, 5.41) is 0. The topological polar surface area (TPSA) is 4.93 Å². The average molecular weight is 137 g/mol. The molecule has 1 heteroatoms. The number of hydrogen-bond donors (Lipinski definition) is 0. The lowest BCUT2D eigenvalue weighted by atomic mass is 10.2. The van der Waals surface area contributed by atoms with Crippen LogP contribution in [0, 0.1) is 13.8 Å². The molecule has 0 fully saturated rings. The maximum atomic E-state index is 2.26. The van der Waals surface area contributed by atoms with Crippen LogP contribution in [0.2, 0.25) is 0 Å². The molecule has 0 radical (unpaired) electrons. The van der Waals surface area contributed by atoms with Crippen LogP contribution in [0.15, 0.2) is 6.07 Å². The Labute approximate surface area is 62.7 Å². The molecule has 0 atom stereocenters. The third-order valence-corrected chi connectivity index (χ3v) is 2.26. The van der Waals surface area contributed by atoms with E-state index in [4.69, 9.17) is 0 Å². The van der Waals surface area contributed by atoms with E-state index in [0.717, 1.165) is 6.42 Å². The highest BCUT2D eigenvalue weighted by molar-refractivity contribution is 5.25. The summed E-state index contributed by atoms with van der Waals surface area (Å²) in [4.78, 5) is 0. The molecular weight excluding hydrogens is 122 g/mol. The van der Waals surface area contributed by atoms with Crippen molar-refractivity contribution in [2.24, 2.45) is 7.05 Å². The Balaban J connectivity index is 3.17. The Morgan fingerprint density at radius 3 is 2.20 bits per heavy atom. The highest BCUT2D eigenvalue weighted by Crippen LogP contribution is 2.12. The van der Waals surface area contributed by atoms with Crippen LogP contribution in [0.1, 0.15) is 23.9 Å². The van der Waals surface area contributed by atoms with Crippen LogP contribution < -0.4 is 0 Å². The summed E-state index contributed by atoms with van der Waals surface area (Å²) in [6, 6.07) is 2.26. The molecule has 0 N–H and O–H groups in total. The molecule has 0 bridgehead atoms. The molecule has 1 nitrogen and oxygen atoms in total. The summed E-state index contributed by atoms with van der Waals surface area (Å²) in [6.45, 7) is 6.51. The fourth-order valence-electron chi connectivity index (χ4n) is 1.29. The molecule has 0 unspecified atom stereocenters. The lowest BCUT2D eigenvalue weighted by Crippen LogP contribution is -1.93. The molecule has 1 aromatic rings. The first-order valence-electron chi connectivity index (χ1n) is 3.78. The Hall–Kier alpha value is -0.720. The molecule has 0 saturated carbocycles. The highest BCUT2D eigenvalue weighted by atomic mass is 14.9. The monoisotopic (exact) mass is 137 g/mol. The van der Waals surface area contributed by atoms with Gasteiger partial charge in [-0.3, -0.25) is 0 Å². The van der Waals surface area contributed by atoms with Crippen LogP contribution in [0.4, 0.5) is 0 Å². The van der Waals surface area contributed by atoms with Gasteiger partial charge in [0.1, 0.15) is 0 Å². The third kappa shape index (κ3) is 0.962. The standard InChI is InChI=1S/C9H15N/c1-5-9-6-7(2)10(4)8(9)3/h6H,5H2,1-4H3. The van der Waals surface area contributed by atoms with Crippen molar-refractivity contribution in [1.29, 1.82) is 0 Å². The van der Waals surface area contributed by atoms with Crippen LogP contribution >= 0.6 is 0 Å². The number of nitrogens with zero attached hydrogens (tertiary/aromatic N) is 1. The molecular formula is C9H15N. The zero-order valence-electron chi connectivity index (χ0n) is 7.23. The quantitative estimate of drug-likeness (QED) is 0.559. The maximum Gasteiger partial charge on any atom is 0.0175 e. The molecule has 0 amide bonds. The molecule has 0 aliphatic rings. The molecule has 0 aliphatic carbocycles. The Morgan fingerprint density at radius 1 is 1.40 bits per heavy atom. The van der Waals surface area contributed by atoms with E-state index in [-0.39, 0.29) is 0 Å². The second-order valence-electron chi connectivity index (χ2n) is 2.81. The van der Waals surface area contributed by atoms with Crippen LogP contribution in [-0.2, 0) is 13.5 Å². The van der Waals surface area contributed by atoms with E-state index in [1.165, 1.54) is 17.0 Å². The summed E-state index contributed by atoms with van der Waals surface area (Å²) in [7, 11) is 2.11. The fraction of sp³-hybridized carbons (Fsp3) is 0.556. The zero-order chi connectivity index (χ0) is 7.72. The molecule has 1 aromatic heterocycles. The Morgan fingerprint density at radius 2 is 2.00 bits per heavy atom. The van der Waals surface area contributed by atoms with Gasteiger partial charge in [-0.2, -0.15) is 0 Å². The summed E-state index contributed by atoms with van der Waals surface area (Å²) in [5.74, 6) is 0. The minimum absolute atomic E-state index is 1.15. The van der Waals surface area contributed by atoms with Gasteiger partial charge in [0.15, 0.2) is 0 Å². The van der Waals surface area contributed by atoms with Gasteiger partial charge in [0, 0.05) is 18.4 Å². The predicted molar refractivity (Wildman–Crippen MR) is 44.3 cm³/mol. The van der Waals surface area contributed by atoms with E-state index < -0.39 is 0 Å². The van der Waals surface area contributed by atoms with Crippen molar-refractivity contribution in [2.45, 2.75) is 27.2 Å². The van der Waals surface area contributed by atoms with E-state index in [0.29, 0.717) is 0 Å². The lowest BCUT2D eigenvalue weighted by Gasteiger charge is -1.99. The van der Waals surface area contributed by atoms with Crippen molar-refractivity contribution in [3.05, 3.63) is 23.0 Å². The number of aromatic nitrogens is 1. The SMILES string of the molecule is CCc1cc(C)n(C)c1C. The van der Waals surface area contributed by atoms with Crippen molar-refractivity contribution < 1.29 is 0 Å². The average Bonchev–Trinajstić information content (AvgIpc) is 2.17. The van der Waals surface area contributed by atoms with Crippen molar-refractivity contribution in [2.75, 3.05) is 0 Å². The van der Waals surface area contributed by atoms with Gasteiger partial charge in [-0.05, 0) is 31.9 Å². The van der Waals surface area contributed by atoms with Crippen molar-refractivity contribution in [3.63, 3.8) is 0 Å². The molecule has 0 spiro atoms. The van der Waals surface area contributed by atoms with E-state index in [9.17, 15) is 0 Å². The van der Waals surface area contributed by atoms with E-state index in [1.807, 2.05) is 0 Å².